The summed E-state index contributed by atoms with van der Waals surface area (Å²) in [6, 6.07) is 15.0. The summed E-state index contributed by atoms with van der Waals surface area (Å²) < 4.78 is 44.7. The third-order valence-electron chi connectivity index (χ3n) is 4.57. The van der Waals surface area contributed by atoms with Crippen LogP contribution in [-0.4, -0.2) is 21.6 Å². The highest BCUT2D eigenvalue weighted by atomic mass is 19.3. The summed E-state index contributed by atoms with van der Waals surface area (Å²) in [5, 5.41) is 6.74. The standard InChI is InChI=1S/C22H15F3N4O2/c23-19-10-15(21-27-28-22(31-21)20(24)25)6-7-17(19)12-29(13-30)18-5-1-3-14(9-18)16-4-2-8-26-11-16/h1-11,13,20H,12H2. The van der Waals surface area contributed by atoms with Gasteiger partial charge in [0, 0.05) is 34.8 Å². The maximum atomic E-state index is 14.7. The van der Waals surface area contributed by atoms with E-state index < -0.39 is 18.1 Å². The summed E-state index contributed by atoms with van der Waals surface area (Å²) >= 11 is 0. The third kappa shape index (κ3) is 4.45. The number of rotatable bonds is 7. The molecular weight excluding hydrogens is 409 g/mol. The first-order valence-electron chi connectivity index (χ1n) is 9.18. The number of hydrogen-bond acceptors (Lipinski definition) is 5. The minimum Gasteiger partial charge on any atom is -0.415 e. The van der Waals surface area contributed by atoms with Crippen LogP contribution >= 0.6 is 0 Å². The first-order chi connectivity index (χ1) is 15.0. The summed E-state index contributed by atoms with van der Waals surface area (Å²) in [6.07, 6.45) is 1.08. The molecule has 0 unspecified atom stereocenters. The summed E-state index contributed by atoms with van der Waals surface area (Å²) in [4.78, 5) is 17.2. The van der Waals surface area contributed by atoms with Gasteiger partial charge in [0.15, 0.2) is 0 Å². The largest absolute Gasteiger partial charge is 0.415 e. The molecule has 0 radical (unpaired) electrons. The quantitative estimate of drug-likeness (QED) is 0.389. The molecule has 0 aliphatic rings. The molecule has 1 amide bonds. The van der Waals surface area contributed by atoms with Crippen LogP contribution in [0.15, 0.2) is 71.4 Å². The molecule has 0 atom stereocenters. The molecule has 4 rings (SSSR count). The lowest BCUT2D eigenvalue weighted by Crippen LogP contribution is -2.21. The van der Waals surface area contributed by atoms with Gasteiger partial charge < -0.3 is 9.32 Å². The van der Waals surface area contributed by atoms with Crippen molar-refractivity contribution in [2.45, 2.75) is 13.0 Å². The van der Waals surface area contributed by atoms with Crippen molar-refractivity contribution in [2.75, 3.05) is 4.90 Å². The highest BCUT2D eigenvalue weighted by molar-refractivity contribution is 5.78. The number of anilines is 1. The van der Waals surface area contributed by atoms with Gasteiger partial charge in [0.05, 0.1) is 6.54 Å². The van der Waals surface area contributed by atoms with Crippen molar-refractivity contribution >= 4 is 12.1 Å². The lowest BCUT2D eigenvalue weighted by Gasteiger charge is -2.19. The molecule has 0 bridgehead atoms. The number of alkyl halides is 2. The van der Waals surface area contributed by atoms with Gasteiger partial charge in [0.1, 0.15) is 5.82 Å². The van der Waals surface area contributed by atoms with E-state index in [4.69, 9.17) is 4.42 Å². The van der Waals surface area contributed by atoms with Gasteiger partial charge in [-0.1, -0.05) is 24.3 Å². The van der Waals surface area contributed by atoms with E-state index in [0.29, 0.717) is 12.1 Å². The topological polar surface area (TPSA) is 72.1 Å². The zero-order valence-corrected chi connectivity index (χ0v) is 16.0. The van der Waals surface area contributed by atoms with Gasteiger partial charge >= 0.3 is 6.43 Å². The molecule has 0 saturated heterocycles. The fourth-order valence-corrected chi connectivity index (χ4v) is 3.02. The SMILES string of the molecule is O=CN(Cc1ccc(-c2nnc(C(F)F)o2)cc1F)c1cccc(-c2cccnc2)c1. The Kier molecular flexibility index (Phi) is 5.74. The Morgan fingerprint density at radius 1 is 1.00 bits per heavy atom. The Morgan fingerprint density at radius 3 is 2.52 bits per heavy atom. The van der Waals surface area contributed by atoms with Gasteiger partial charge in [-0.2, -0.15) is 8.78 Å². The second kappa shape index (κ2) is 8.78. The Bertz CT molecular complexity index is 1200. The molecule has 156 valence electrons. The normalized spacial score (nSPS) is 11.0. The number of benzene rings is 2. The van der Waals surface area contributed by atoms with Gasteiger partial charge in [-0.05, 0) is 35.9 Å². The third-order valence-corrected chi connectivity index (χ3v) is 4.57. The van der Waals surface area contributed by atoms with Crippen molar-refractivity contribution in [1.82, 2.24) is 15.2 Å². The zero-order valence-electron chi connectivity index (χ0n) is 16.0. The fraction of sp³-hybridized carbons (Fsp3) is 0.0909. The highest BCUT2D eigenvalue weighted by Gasteiger charge is 2.18. The lowest BCUT2D eigenvalue weighted by atomic mass is 10.1. The second-order valence-corrected chi connectivity index (χ2v) is 6.58. The summed E-state index contributed by atoms with van der Waals surface area (Å²) in [7, 11) is 0. The lowest BCUT2D eigenvalue weighted by molar-refractivity contribution is -0.107. The maximum absolute atomic E-state index is 14.7. The van der Waals surface area contributed by atoms with Crippen LogP contribution < -0.4 is 4.90 Å². The minimum absolute atomic E-state index is 0.0295. The first kappa shape index (κ1) is 20.3. The molecule has 0 spiro atoms. The molecule has 2 aromatic heterocycles. The van der Waals surface area contributed by atoms with Gasteiger partial charge in [0.2, 0.25) is 12.3 Å². The Labute approximate surface area is 175 Å². The average Bonchev–Trinajstić information content (AvgIpc) is 3.30. The number of carbonyl (C=O) groups excluding carboxylic acids is 1. The number of hydrogen-bond donors (Lipinski definition) is 0. The average molecular weight is 424 g/mol. The zero-order chi connectivity index (χ0) is 21.8. The van der Waals surface area contributed by atoms with Crippen molar-refractivity contribution in [3.8, 4) is 22.6 Å². The smallest absolute Gasteiger partial charge is 0.314 e. The molecule has 0 N–H and O–H groups in total. The Hall–Kier alpha value is -4.01. The van der Waals surface area contributed by atoms with Crippen LogP contribution in [0.25, 0.3) is 22.6 Å². The van der Waals surface area contributed by atoms with Crippen LogP contribution in [0.4, 0.5) is 18.9 Å². The summed E-state index contributed by atoms with van der Waals surface area (Å²) in [5.41, 5.74) is 2.72. The summed E-state index contributed by atoms with van der Waals surface area (Å²) in [5.74, 6) is -1.68. The molecule has 2 heterocycles. The number of amides is 1. The molecule has 9 heteroatoms. The molecule has 0 aliphatic carbocycles. The molecular formula is C22H15F3N4O2. The van der Waals surface area contributed by atoms with Crippen molar-refractivity contribution in [3.05, 3.63) is 84.3 Å². The van der Waals surface area contributed by atoms with Crippen LogP contribution in [0.5, 0.6) is 0 Å². The molecule has 31 heavy (non-hydrogen) atoms. The van der Waals surface area contributed by atoms with Crippen molar-refractivity contribution in [3.63, 3.8) is 0 Å². The maximum Gasteiger partial charge on any atom is 0.314 e. The number of pyridine rings is 1. The van der Waals surface area contributed by atoms with Crippen LogP contribution in [0, 0.1) is 5.82 Å². The Balaban J connectivity index is 1.57. The Morgan fingerprint density at radius 2 is 1.84 bits per heavy atom. The molecule has 4 aromatic rings. The minimum atomic E-state index is -2.91. The molecule has 0 aliphatic heterocycles. The number of halogens is 3. The number of carbonyl (C=O) groups is 1. The monoisotopic (exact) mass is 424 g/mol. The molecule has 0 fully saturated rings. The van der Waals surface area contributed by atoms with E-state index >= 15 is 0 Å². The second-order valence-electron chi connectivity index (χ2n) is 6.58. The van der Waals surface area contributed by atoms with E-state index in [1.54, 1.807) is 24.5 Å². The van der Waals surface area contributed by atoms with E-state index in [-0.39, 0.29) is 23.6 Å². The van der Waals surface area contributed by atoms with Crippen molar-refractivity contribution in [1.29, 1.82) is 0 Å². The van der Waals surface area contributed by atoms with Gasteiger partial charge in [-0.3, -0.25) is 9.78 Å². The predicted molar refractivity (Wildman–Crippen MR) is 107 cm³/mol. The van der Waals surface area contributed by atoms with Crippen LogP contribution in [0.3, 0.4) is 0 Å². The number of nitrogens with zero attached hydrogens (tertiary/aromatic N) is 4. The summed E-state index contributed by atoms with van der Waals surface area (Å²) in [6.45, 7) is -0.0295. The highest BCUT2D eigenvalue weighted by Crippen LogP contribution is 2.27. The van der Waals surface area contributed by atoms with Crippen LogP contribution in [0.1, 0.15) is 17.9 Å². The predicted octanol–water partition coefficient (Wildman–Crippen LogP) is 5.04. The van der Waals surface area contributed by atoms with Gasteiger partial charge in [-0.25, -0.2) is 4.39 Å². The molecule has 2 aromatic carbocycles. The number of aromatic nitrogens is 3. The van der Waals surface area contributed by atoms with E-state index in [9.17, 15) is 18.0 Å². The van der Waals surface area contributed by atoms with Crippen molar-refractivity contribution < 1.29 is 22.4 Å². The van der Waals surface area contributed by atoms with Crippen molar-refractivity contribution in [2.24, 2.45) is 0 Å². The van der Waals surface area contributed by atoms with Gasteiger partial charge in [0.25, 0.3) is 5.89 Å². The molecule has 6 nitrogen and oxygen atoms in total. The molecule has 0 saturated carbocycles. The first-order valence-corrected chi connectivity index (χ1v) is 9.18. The van der Waals surface area contributed by atoms with E-state index in [2.05, 4.69) is 15.2 Å². The van der Waals surface area contributed by atoms with E-state index in [0.717, 1.165) is 17.2 Å². The van der Waals surface area contributed by atoms with E-state index in [1.165, 1.54) is 17.0 Å². The van der Waals surface area contributed by atoms with E-state index in [1.807, 2.05) is 24.3 Å². The van der Waals surface area contributed by atoms with Crippen LogP contribution in [0.2, 0.25) is 0 Å². The fourth-order valence-electron chi connectivity index (χ4n) is 3.02. The van der Waals surface area contributed by atoms with Gasteiger partial charge in [-0.15, -0.1) is 10.2 Å². The van der Waals surface area contributed by atoms with Crippen LogP contribution in [-0.2, 0) is 11.3 Å².